The Labute approximate surface area is 106 Å². The van der Waals surface area contributed by atoms with Gasteiger partial charge in [-0.3, -0.25) is 4.90 Å². The van der Waals surface area contributed by atoms with E-state index in [0.29, 0.717) is 13.0 Å². The van der Waals surface area contributed by atoms with Crippen molar-refractivity contribution in [1.29, 1.82) is 0 Å². The number of rotatable bonds is 1. The molecule has 1 atom stereocenters. The van der Waals surface area contributed by atoms with Gasteiger partial charge in [-0.1, -0.05) is 37.5 Å². The van der Waals surface area contributed by atoms with Crippen LogP contribution in [0.3, 0.4) is 0 Å². The van der Waals surface area contributed by atoms with Crippen LogP contribution >= 0.6 is 11.6 Å². The van der Waals surface area contributed by atoms with Crippen molar-refractivity contribution < 1.29 is 15.1 Å². The van der Waals surface area contributed by atoms with Gasteiger partial charge in [-0.25, -0.2) is 4.79 Å². The lowest BCUT2D eigenvalue weighted by molar-refractivity contribution is 0.0226. The minimum Gasteiger partial charge on any atom is -0.465 e. The van der Waals surface area contributed by atoms with Gasteiger partial charge < -0.3 is 10.3 Å². The summed E-state index contributed by atoms with van der Waals surface area (Å²) in [4.78, 5) is 12.7. The van der Waals surface area contributed by atoms with E-state index in [2.05, 4.69) is 5.16 Å². The molecular formula is C11H19ClN2O3. The van der Waals surface area contributed by atoms with Gasteiger partial charge in [0, 0.05) is 6.54 Å². The lowest BCUT2D eigenvalue weighted by atomic mass is 9.68. The molecule has 0 aromatic rings. The molecule has 0 bridgehead atoms. The van der Waals surface area contributed by atoms with Gasteiger partial charge in [0.05, 0.1) is 0 Å². The number of piperidine rings is 1. The van der Waals surface area contributed by atoms with Crippen LogP contribution in [0.25, 0.3) is 0 Å². The fourth-order valence-electron chi connectivity index (χ4n) is 2.62. The molecule has 0 aliphatic carbocycles. The first-order chi connectivity index (χ1) is 7.77. The highest BCUT2D eigenvalue weighted by atomic mass is 35.5. The first kappa shape index (κ1) is 14.1. The minimum absolute atomic E-state index is 0.0490. The molecule has 0 saturated carbocycles. The third-order valence-corrected chi connectivity index (χ3v) is 3.92. The summed E-state index contributed by atoms with van der Waals surface area (Å²) in [6.45, 7) is 6.13. The van der Waals surface area contributed by atoms with Crippen LogP contribution in [0.1, 0.15) is 40.0 Å². The normalized spacial score (nSPS) is 27.1. The molecule has 1 rings (SSSR count). The second kappa shape index (κ2) is 4.72. The van der Waals surface area contributed by atoms with E-state index in [1.165, 1.54) is 4.90 Å². The highest BCUT2D eigenvalue weighted by molar-refractivity contribution is 6.67. The Bertz CT molecular complexity index is 338. The zero-order chi connectivity index (χ0) is 13.3. The first-order valence-corrected chi connectivity index (χ1v) is 6.04. The first-order valence-electron chi connectivity index (χ1n) is 5.66. The van der Waals surface area contributed by atoms with Crippen LogP contribution < -0.4 is 0 Å². The molecule has 6 heteroatoms. The predicted molar refractivity (Wildman–Crippen MR) is 65.8 cm³/mol. The largest absolute Gasteiger partial charge is 0.465 e. The summed E-state index contributed by atoms with van der Waals surface area (Å²) in [5, 5.41) is 21.3. The number of halogens is 1. The maximum Gasteiger partial charge on any atom is 0.408 e. The Morgan fingerprint density at radius 2 is 2.00 bits per heavy atom. The Balaban J connectivity index is 3.33. The highest BCUT2D eigenvalue weighted by Crippen LogP contribution is 2.44. The van der Waals surface area contributed by atoms with Crippen molar-refractivity contribution in [3.05, 3.63) is 0 Å². The Hall–Kier alpha value is -0.970. The van der Waals surface area contributed by atoms with Gasteiger partial charge in [-0.05, 0) is 24.7 Å². The van der Waals surface area contributed by atoms with Crippen molar-refractivity contribution >= 4 is 22.9 Å². The molecule has 0 unspecified atom stereocenters. The smallest absolute Gasteiger partial charge is 0.408 e. The van der Waals surface area contributed by atoms with Crippen LogP contribution in [0, 0.1) is 5.41 Å². The second-order valence-electron chi connectivity index (χ2n) is 5.39. The monoisotopic (exact) mass is 262 g/mol. The Morgan fingerprint density at radius 3 is 2.41 bits per heavy atom. The molecule has 1 aliphatic heterocycles. The third kappa shape index (κ3) is 2.20. The molecular weight excluding hydrogens is 244 g/mol. The van der Waals surface area contributed by atoms with Crippen LogP contribution in [0.2, 0.25) is 0 Å². The summed E-state index contributed by atoms with van der Waals surface area (Å²) in [5.41, 5.74) is -1.37. The fourth-order valence-corrected chi connectivity index (χ4v) is 3.10. The molecule has 1 amide bonds. The quantitative estimate of drug-likeness (QED) is 0.433. The van der Waals surface area contributed by atoms with Gasteiger partial charge in [0.1, 0.15) is 5.54 Å². The van der Waals surface area contributed by atoms with Gasteiger partial charge in [0.15, 0.2) is 5.17 Å². The zero-order valence-electron chi connectivity index (χ0n) is 10.4. The van der Waals surface area contributed by atoms with Crippen LogP contribution in [0.15, 0.2) is 5.16 Å². The van der Waals surface area contributed by atoms with Crippen LogP contribution in [0.5, 0.6) is 0 Å². The standard InChI is InChI=1S/C11H19ClN2O3/c1-10(2,3)11(8(12)13-17)6-4-5-7-14(11)9(15)16/h17H,4-7H2,1-3H3,(H,15,16)/t11-/m0/s1. The van der Waals surface area contributed by atoms with Crippen molar-refractivity contribution in [3.8, 4) is 0 Å². The highest BCUT2D eigenvalue weighted by Gasteiger charge is 2.53. The number of likely N-dealkylation sites (tertiary alicyclic amines) is 1. The summed E-state index contributed by atoms with van der Waals surface area (Å²) < 4.78 is 0. The second-order valence-corrected chi connectivity index (χ2v) is 5.75. The summed E-state index contributed by atoms with van der Waals surface area (Å²) in [6.07, 6.45) is 1.22. The van der Waals surface area contributed by atoms with E-state index in [-0.39, 0.29) is 5.17 Å². The van der Waals surface area contributed by atoms with Crippen LogP contribution in [0.4, 0.5) is 4.79 Å². The summed E-state index contributed by atoms with van der Waals surface area (Å²) in [5.74, 6) is 0. The molecule has 17 heavy (non-hydrogen) atoms. The van der Waals surface area contributed by atoms with E-state index in [1.54, 1.807) is 0 Å². The molecule has 0 radical (unpaired) electrons. The topological polar surface area (TPSA) is 73.1 Å². The third-order valence-electron chi connectivity index (χ3n) is 3.53. The van der Waals surface area contributed by atoms with Crippen molar-refractivity contribution in [2.45, 2.75) is 45.6 Å². The maximum absolute atomic E-state index is 11.4. The van der Waals surface area contributed by atoms with E-state index in [1.807, 2.05) is 20.8 Å². The van der Waals surface area contributed by atoms with Crippen molar-refractivity contribution in [1.82, 2.24) is 4.90 Å². The lowest BCUT2D eigenvalue weighted by Gasteiger charge is -2.52. The van der Waals surface area contributed by atoms with Crippen molar-refractivity contribution in [3.63, 3.8) is 0 Å². The SMILES string of the molecule is CC(C)(C)[C@@]1(C(Cl)=NO)CCCCN1C(=O)O. The number of carboxylic acid groups (broad SMARTS) is 1. The van der Waals surface area contributed by atoms with Gasteiger partial charge in [-0.15, -0.1) is 0 Å². The summed E-state index contributed by atoms with van der Waals surface area (Å²) in [7, 11) is 0. The van der Waals surface area contributed by atoms with E-state index in [4.69, 9.17) is 16.8 Å². The van der Waals surface area contributed by atoms with E-state index >= 15 is 0 Å². The molecule has 0 spiro atoms. The summed E-state index contributed by atoms with van der Waals surface area (Å²) in [6, 6.07) is 0. The molecule has 0 aromatic carbocycles. The molecule has 1 aliphatic rings. The molecule has 5 nitrogen and oxygen atoms in total. The molecule has 2 N–H and O–H groups in total. The van der Waals surface area contributed by atoms with Gasteiger partial charge in [-0.2, -0.15) is 0 Å². The lowest BCUT2D eigenvalue weighted by Crippen LogP contribution is -2.64. The van der Waals surface area contributed by atoms with Gasteiger partial charge >= 0.3 is 6.09 Å². The Kier molecular flexibility index (Phi) is 3.91. The molecule has 98 valence electrons. The van der Waals surface area contributed by atoms with E-state index in [0.717, 1.165) is 12.8 Å². The number of amides is 1. The van der Waals surface area contributed by atoms with Crippen molar-refractivity contribution in [2.75, 3.05) is 6.54 Å². The molecule has 0 aromatic heterocycles. The molecule has 1 heterocycles. The number of hydrogen-bond donors (Lipinski definition) is 2. The average Bonchev–Trinajstić information content (AvgIpc) is 2.26. The zero-order valence-corrected chi connectivity index (χ0v) is 11.2. The number of nitrogens with zero attached hydrogens (tertiary/aromatic N) is 2. The maximum atomic E-state index is 11.4. The van der Waals surface area contributed by atoms with Crippen molar-refractivity contribution in [2.24, 2.45) is 10.6 Å². The fraction of sp³-hybridized carbons (Fsp3) is 0.818. The molecule has 1 saturated heterocycles. The average molecular weight is 263 g/mol. The number of hydrogen-bond acceptors (Lipinski definition) is 3. The van der Waals surface area contributed by atoms with Gasteiger partial charge in [0.25, 0.3) is 0 Å². The van der Waals surface area contributed by atoms with Crippen LogP contribution in [-0.2, 0) is 0 Å². The van der Waals surface area contributed by atoms with E-state index in [9.17, 15) is 9.90 Å². The summed E-state index contributed by atoms with van der Waals surface area (Å²) >= 11 is 6.02. The van der Waals surface area contributed by atoms with E-state index < -0.39 is 17.0 Å². The van der Waals surface area contributed by atoms with Crippen LogP contribution in [-0.4, -0.2) is 38.6 Å². The Morgan fingerprint density at radius 1 is 1.41 bits per heavy atom. The minimum atomic E-state index is -1.03. The molecule has 1 fully saturated rings. The number of carbonyl (C=O) groups is 1. The van der Waals surface area contributed by atoms with Gasteiger partial charge in [0.2, 0.25) is 0 Å². The predicted octanol–water partition coefficient (Wildman–Crippen LogP) is 2.96. The number of oxime groups is 1.